The van der Waals surface area contributed by atoms with Crippen LogP contribution in [0.4, 0.5) is 0 Å². The predicted molar refractivity (Wildman–Crippen MR) is 81.8 cm³/mol. The summed E-state index contributed by atoms with van der Waals surface area (Å²) < 4.78 is 4.07. The van der Waals surface area contributed by atoms with Crippen LogP contribution in [0.2, 0.25) is 0 Å². The minimum Gasteiger partial charge on any atom is -0.325 e. The van der Waals surface area contributed by atoms with Crippen molar-refractivity contribution < 1.29 is 0 Å². The first-order valence-corrected chi connectivity index (χ1v) is 7.14. The normalized spacial score (nSPS) is 11.6. The monoisotopic (exact) mass is 284 g/mol. The number of rotatable bonds is 5. The molecule has 0 amide bonds. The molecule has 0 fully saturated rings. The Labute approximate surface area is 123 Å². The van der Waals surface area contributed by atoms with Gasteiger partial charge in [-0.15, -0.1) is 10.2 Å². The van der Waals surface area contributed by atoms with E-state index in [9.17, 15) is 0 Å². The van der Waals surface area contributed by atoms with E-state index in [1.54, 1.807) is 6.33 Å². The summed E-state index contributed by atoms with van der Waals surface area (Å²) in [4.78, 5) is 4.52. The number of nitrogens with one attached hydrogen (secondary N) is 1. The maximum atomic E-state index is 4.52. The molecule has 21 heavy (non-hydrogen) atoms. The lowest BCUT2D eigenvalue weighted by Crippen LogP contribution is -2.21. The maximum absolute atomic E-state index is 4.52. The quantitative estimate of drug-likeness (QED) is 0.775. The Hall–Kier alpha value is -2.21. The number of hydrogen-bond acceptors (Lipinski definition) is 4. The topological polar surface area (TPSA) is 60.6 Å². The van der Waals surface area contributed by atoms with Gasteiger partial charge in [-0.2, -0.15) is 0 Å². The summed E-state index contributed by atoms with van der Waals surface area (Å²) in [7, 11) is 1.95. The van der Waals surface area contributed by atoms with Crippen molar-refractivity contribution in [3.05, 3.63) is 42.2 Å². The summed E-state index contributed by atoms with van der Waals surface area (Å²) in [6.07, 6.45) is 5.70. The highest BCUT2D eigenvalue weighted by Gasteiger charge is 2.11. The number of nitrogens with zero attached hydrogens (tertiary/aromatic N) is 5. The van der Waals surface area contributed by atoms with Crippen LogP contribution in [0.5, 0.6) is 0 Å². The average molecular weight is 284 g/mol. The molecule has 0 radical (unpaired) electrons. The first kappa shape index (κ1) is 13.8. The molecule has 0 aliphatic rings. The Kier molecular flexibility index (Phi) is 3.70. The molecule has 3 heterocycles. The van der Waals surface area contributed by atoms with Gasteiger partial charge in [-0.25, -0.2) is 4.98 Å². The van der Waals surface area contributed by atoms with Crippen LogP contribution in [0.1, 0.15) is 25.2 Å². The largest absolute Gasteiger partial charge is 0.325 e. The van der Waals surface area contributed by atoms with Crippen LogP contribution >= 0.6 is 0 Å². The number of fused-ring (bicyclic) bond motifs is 1. The van der Waals surface area contributed by atoms with E-state index < -0.39 is 0 Å². The van der Waals surface area contributed by atoms with E-state index in [1.807, 2.05) is 23.9 Å². The van der Waals surface area contributed by atoms with Crippen LogP contribution in [-0.2, 0) is 20.1 Å². The molecule has 0 saturated carbocycles. The Morgan fingerprint density at radius 1 is 1.33 bits per heavy atom. The highest BCUT2D eigenvalue weighted by molar-refractivity contribution is 5.80. The minimum atomic E-state index is 0.457. The van der Waals surface area contributed by atoms with Gasteiger partial charge in [0.25, 0.3) is 0 Å². The van der Waals surface area contributed by atoms with Crippen molar-refractivity contribution >= 4 is 11.0 Å². The zero-order valence-electron chi connectivity index (χ0n) is 12.6. The lowest BCUT2D eigenvalue weighted by atomic mass is 10.2. The van der Waals surface area contributed by atoms with Crippen LogP contribution in [0.15, 0.2) is 30.9 Å². The Morgan fingerprint density at radius 3 is 2.90 bits per heavy atom. The summed E-state index contributed by atoms with van der Waals surface area (Å²) in [5, 5.41) is 12.7. The SMILES string of the molecule is CC(C)NCc1cn(Cc2nncn2C)c2ncccc12. The standard InChI is InChI=1S/C15H20N6/c1-11(2)17-7-12-8-21(9-14-19-18-10-20(14)3)15-13(12)5-4-6-16-15/h4-6,8,10-11,17H,7,9H2,1-3H3. The van der Waals surface area contributed by atoms with Crippen molar-refractivity contribution in [2.24, 2.45) is 7.05 Å². The molecule has 6 heteroatoms. The second-order valence-electron chi connectivity index (χ2n) is 5.55. The van der Waals surface area contributed by atoms with Gasteiger partial charge in [0.15, 0.2) is 5.82 Å². The Morgan fingerprint density at radius 2 is 2.19 bits per heavy atom. The predicted octanol–water partition coefficient (Wildman–Crippen LogP) is 1.71. The molecule has 6 nitrogen and oxygen atoms in total. The van der Waals surface area contributed by atoms with E-state index in [4.69, 9.17) is 0 Å². The Bertz CT molecular complexity index is 740. The average Bonchev–Trinajstić information content (AvgIpc) is 3.02. The van der Waals surface area contributed by atoms with Gasteiger partial charge in [-0.3, -0.25) is 0 Å². The summed E-state index contributed by atoms with van der Waals surface area (Å²) in [6, 6.07) is 4.56. The molecule has 3 rings (SSSR count). The number of aryl methyl sites for hydroxylation is 1. The molecular weight excluding hydrogens is 264 g/mol. The molecular formula is C15H20N6. The van der Waals surface area contributed by atoms with E-state index in [1.165, 1.54) is 10.9 Å². The fraction of sp³-hybridized carbons (Fsp3) is 0.400. The molecule has 110 valence electrons. The summed E-state index contributed by atoms with van der Waals surface area (Å²) in [5.74, 6) is 0.918. The third-order valence-corrected chi connectivity index (χ3v) is 3.53. The fourth-order valence-corrected chi connectivity index (χ4v) is 2.37. The van der Waals surface area contributed by atoms with Gasteiger partial charge in [0, 0.05) is 37.4 Å². The third-order valence-electron chi connectivity index (χ3n) is 3.53. The molecule has 3 aromatic rings. The molecule has 0 atom stereocenters. The van der Waals surface area contributed by atoms with Gasteiger partial charge >= 0.3 is 0 Å². The van der Waals surface area contributed by atoms with Gasteiger partial charge in [-0.05, 0) is 17.7 Å². The van der Waals surface area contributed by atoms with Gasteiger partial charge in [0.1, 0.15) is 12.0 Å². The van der Waals surface area contributed by atoms with Crippen molar-refractivity contribution in [3.8, 4) is 0 Å². The van der Waals surface area contributed by atoms with Crippen LogP contribution in [0.3, 0.4) is 0 Å². The van der Waals surface area contributed by atoms with E-state index in [-0.39, 0.29) is 0 Å². The van der Waals surface area contributed by atoms with E-state index >= 15 is 0 Å². The minimum absolute atomic E-state index is 0.457. The smallest absolute Gasteiger partial charge is 0.152 e. The highest BCUT2D eigenvalue weighted by Crippen LogP contribution is 2.20. The molecule has 0 bridgehead atoms. The van der Waals surface area contributed by atoms with Gasteiger partial charge in [-0.1, -0.05) is 13.8 Å². The summed E-state index contributed by atoms with van der Waals surface area (Å²) in [5.41, 5.74) is 2.25. The lowest BCUT2D eigenvalue weighted by molar-refractivity contribution is 0.589. The summed E-state index contributed by atoms with van der Waals surface area (Å²) >= 11 is 0. The molecule has 1 N–H and O–H groups in total. The number of pyridine rings is 1. The van der Waals surface area contributed by atoms with Crippen molar-refractivity contribution in [3.63, 3.8) is 0 Å². The molecule has 0 aliphatic heterocycles. The second kappa shape index (κ2) is 5.65. The number of aromatic nitrogens is 5. The van der Waals surface area contributed by atoms with Crippen molar-refractivity contribution in [1.29, 1.82) is 0 Å². The van der Waals surface area contributed by atoms with E-state index in [0.717, 1.165) is 18.0 Å². The fourth-order valence-electron chi connectivity index (χ4n) is 2.37. The maximum Gasteiger partial charge on any atom is 0.152 e. The van der Waals surface area contributed by atoms with Gasteiger partial charge in [0.2, 0.25) is 0 Å². The first-order chi connectivity index (χ1) is 10.1. The number of hydrogen-bond donors (Lipinski definition) is 1. The van der Waals surface area contributed by atoms with Crippen LogP contribution < -0.4 is 5.32 Å². The third kappa shape index (κ3) is 2.80. The van der Waals surface area contributed by atoms with Crippen molar-refractivity contribution in [2.75, 3.05) is 0 Å². The zero-order chi connectivity index (χ0) is 14.8. The van der Waals surface area contributed by atoms with E-state index in [0.29, 0.717) is 12.6 Å². The van der Waals surface area contributed by atoms with E-state index in [2.05, 4.69) is 51.2 Å². The summed E-state index contributed by atoms with van der Waals surface area (Å²) in [6.45, 7) is 5.81. The first-order valence-electron chi connectivity index (χ1n) is 7.14. The van der Waals surface area contributed by atoms with Crippen LogP contribution in [0.25, 0.3) is 11.0 Å². The van der Waals surface area contributed by atoms with Crippen molar-refractivity contribution in [1.82, 2.24) is 29.6 Å². The molecule has 0 spiro atoms. The molecule has 0 aliphatic carbocycles. The zero-order valence-corrected chi connectivity index (χ0v) is 12.6. The van der Waals surface area contributed by atoms with Gasteiger partial charge in [0.05, 0.1) is 6.54 Å². The molecule has 0 saturated heterocycles. The van der Waals surface area contributed by atoms with Gasteiger partial charge < -0.3 is 14.5 Å². The highest BCUT2D eigenvalue weighted by atomic mass is 15.3. The Balaban J connectivity index is 1.96. The molecule has 0 aromatic carbocycles. The van der Waals surface area contributed by atoms with Crippen molar-refractivity contribution in [2.45, 2.75) is 33.0 Å². The van der Waals surface area contributed by atoms with Crippen LogP contribution in [0, 0.1) is 0 Å². The lowest BCUT2D eigenvalue weighted by Gasteiger charge is -2.06. The second-order valence-corrected chi connectivity index (χ2v) is 5.55. The van der Waals surface area contributed by atoms with Crippen LogP contribution in [-0.4, -0.2) is 30.4 Å². The molecule has 3 aromatic heterocycles. The molecule has 0 unspecified atom stereocenters.